The smallest absolute Gasteiger partial charge is 0.0522 e. The molecule has 4 heteroatoms. The van der Waals surface area contributed by atoms with Gasteiger partial charge in [-0.05, 0) is 41.4 Å². The lowest BCUT2D eigenvalue weighted by Crippen LogP contribution is -2.17. The summed E-state index contributed by atoms with van der Waals surface area (Å²) in [4.78, 5) is 0. The molecule has 2 aromatic rings. The van der Waals surface area contributed by atoms with Crippen LogP contribution in [-0.4, -0.2) is 16.8 Å². The van der Waals surface area contributed by atoms with Gasteiger partial charge in [0.05, 0.1) is 6.20 Å². The van der Waals surface area contributed by atoms with Gasteiger partial charge in [0.15, 0.2) is 0 Å². The van der Waals surface area contributed by atoms with E-state index in [4.69, 9.17) is 0 Å². The molecule has 0 bridgehead atoms. The summed E-state index contributed by atoms with van der Waals surface area (Å²) in [7, 11) is 3.95. The van der Waals surface area contributed by atoms with Crippen LogP contribution in [-0.2, 0) is 13.5 Å². The zero-order chi connectivity index (χ0) is 10.7. The van der Waals surface area contributed by atoms with Gasteiger partial charge in [0.1, 0.15) is 0 Å². The molecular weight excluding hydrogens is 206 g/mol. The van der Waals surface area contributed by atoms with Crippen LogP contribution in [0.15, 0.2) is 29.2 Å². The van der Waals surface area contributed by atoms with Gasteiger partial charge in [0.25, 0.3) is 0 Å². The van der Waals surface area contributed by atoms with Crippen LogP contribution >= 0.6 is 11.3 Å². The SMILES string of the molecule is CNC(Cc1cnn(C)c1)c1ccsc1. The predicted molar refractivity (Wildman–Crippen MR) is 63.0 cm³/mol. The molecule has 0 aliphatic carbocycles. The van der Waals surface area contributed by atoms with Crippen LogP contribution in [0.4, 0.5) is 0 Å². The summed E-state index contributed by atoms with van der Waals surface area (Å²) in [5.74, 6) is 0. The van der Waals surface area contributed by atoms with E-state index in [-0.39, 0.29) is 0 Å². The molecule has 0 aromatic carbocycles. The minimum absolute atomic E-state index is 0.389. The van der Waals surface area contributed by atoms with Crippen molar-refractivity contribution in [1.82, 2.24) is 15.1 Å². The van der Waals surface area contributed by atoms with Gasteiger partial charge in [-0.3, -0.25) is 4.68 Å². The molecule has 2 aromatic heterocycles. The van der Waals surface area contributed by atoms with Gasteiger partial charge in [0.2, 0.25) is 0 Å². The number of hydrogen-bond donors (Lipinski definition) is 1. The maximum Gasteiger partial charge on any atom is 0.0522 e. The normalized spacial score (nSPS) is 12.9. The quantitative estimate of drug-likeness (QED) is 0.855. The molecule has 0 saturated carbocycles. The number of likely N-dealkylation sites (N-methyl/N-ethyl adjacent to an activating group) is 1. The molecule has 0 spiro atoms. The second kappa shape index (κ2) is 4.59. The van der Waals surface area contributed by atoms with Crippen LogP contribution in [0.5, 0.6) is 0 Å². The van der Waals surface area contributed by atoms with E-state index in [2.05, 4.69) is 33.4 Å². The zero-order valence-electron chi connectivity index (χ0n) is 8.97. The van der Waals surface area contributed by atoms with Gasteiger partial charge >= 0.3 is 0 Å². The Balaban J connectivity index is 2.09. The van der Waals surface area contributed by atoms with Gasteiger partial charge in [-0.2, -0.15) is 16.4 Å². The van der Waals surface area contributed by atoms with Gasteiger partial charge < -0.3 is 5.32 Å². The fraction of sp³-hybridized carbons (Fsp3) is 0.364. The van der Waals surface area contributed by atoms with Gasteiger partial charge in [-0.15, -0.1) is 0 Å². The minimum atomic E-state index is 0.389. The van der Waals surface area contributed by atoms with E-state index in [1.807, 2.05) is 25.0 Å². The van der Waals surface area contributed by atoms with Crippen molar-refractivity contribution < 1.29 is 0 Å². The van der Waals surface area contributed by atoms with Gasteiger partial charge in [0, 0.05) is 19.3 Å². The van der Waals surface area contributed by atoms with Crippen molar-refractivity contribution in [2.24, 2.45) is 7.05 Å². The summed E-state index contributed by atoms with van der Waals surface area (Å²) in [5, 5.41) is 11.8. The average molecular weight is 221 g/mol. The Morgan fingerprint density at radius 3 is 3.00 bits per heavy atom. The first-order valence-electron chi connectivity index (χ1n) is 4.96. The molecule has 3 nitrogen and oxygen atoms in total. The average Bonchev–Trinajstić information content (AvgIpc) is 2.85. The first-order valence-corrected chi connectivity index (χ1v) is 5.91. The van der Waals surface area contributed by atoms with Crippen molar-refractivity contribution in [3.63, 3.8) is 0 Å². The van der Waals surface area contributed by atoms with E-state index < -0.39 is 0 Å². The van der Waals surface area contributed by atoms with E-state index in [0.717, 1.165) is 6.42 Å². The number of nitrogens with zero attached hydrogens (tertiary/aromatic N) is 2. The largest absolute Gasteiger partial charge is 0.313 e. The molecule has 0 saturated heterocycles. The van der Waals surface area contributed by atoms with E-state index in [1.165, 1.54) is 11.1 Å². The standard InChI is InChI=1S/C11H15N3S/c1-12-11(10-3-4-15-8-10)5-9-6-13-14(2)7-9/h3-4,6-8,11-12H,5H2,1-2H3. The number of hydrogen-bond acceptors (Lipinski definition) is 3. The highest BCUT2D eigenvalue weighted by molar-refractivity contribution is 7.07. The third-order valence-electron chi connectivity index (χ3n) is 2.49. The van der Waals surface area contributed by atoms with Crippen molar-refractivity contribution in [2.75, 3.05) is 7.05 Å². The van der Waals surface area contributed by atoms with Crippen molar-refractivity contribution >= 4 is 11.3 Å². The molecule has 0 aliphatic rings. The van der Waals surface area contributed by atoms with E-state index in [9.17, 15) is 0 Å². The Labute approximate surface area is 93.7 Å². The minimum Gasteiger partial charge on any atom is -0.313 e. The van der Waals surface area contributed by atoms with Crippen LogP contribution in [0.25, 0.3) is 0 Å². The summed E-state index contributed by atoms with van der Waals surface area (Å²) >= 11 is 1.74. The molecule has 2 heterocycles. The molecule has 80 valence electrons. The highest BCUT2D eigenvalue weighted by atomic mass is 32.1. The molecule has 15 heavy (non-hydrogen) atoms. The molecular formula is C11H15N3S. The summed E-state index contributed by atoms with van der Waals surface area (Å²) in [6, 6.07) is 2.56. The monoisotopic (exact) mass is 221 g/mol. The summed E-state index contributed by atoms with van der Waals surface area (Å²) in [6.07, 6.45) is 4.98. The number of thiophene rings is 1. The first-order chi connectivity index (χ1) is 7.29. The number of nitrogens with one attached hydrogen (secondary N) is 1. The molecule has 1 N–H and O–H groups in total. The second-order valence-electron chi connectivity index (χ2n) is 3.62. The number of rotatable bonds is 4. The fourth-order valence-corrected chi connectivity index (χ4v) is 2.39. The Morgan fingerprint density at radius 2 is 2.47 bits per heavy atom. The van der Waals surface area contributed by atoms with E-state index >= 15 is 0 Å². The van der Waals surface area contributed by atoms with Crippen LogP contribution in [0.2, 0.25) is 0 Å². The molecule has 0 amide bonds. The van der Waals surface area contributed by atoms with Crippen molar-refractivity contribution in [3.8, 4) is 0 Å². The van der Waals surface area contributed by atoms with Crippen LogP contribution in [0.3, 0.4) is 0 Å². The topological polar surface area (TPSA) is 29.9 Å². The van der Waals surface area contributed by atoms with Gasteiger partial charge in [-0.25, -0.2) is 0 Å². The molecule has 1 unspecified atom stereocenters. The predicted octanol–water partition coefficient (Wildman–Crippen LogP) is 1.98. The lowest BCUT2D eigenvalue weighted by atomic mass is 10.0. The Kier molecular flexibility index (Phi) is 3.18. The fourth-order valence-electron chi connectivity index (χ4n) is 1.67. The van der Waals surface area contributed by atoms with E-state index in [0.29, 0.717) is 6.04 Å². The van der Waals surface area contributed by atoms with Crippen molar-refractivity contribution in [3.05, 3.63) is 40.3 Å². The Morgan fingerprint density at radius 1 is 1.60 bits per heavy atom. The lowest BCUT2D eigenvalue weighted by Gasteiger charge is -2.13. The zero-order valence-corrected chi connectivity index (χ0v) is 9.79. The lowest BCUT2D eigenvalue weighted by molar-refractivity contribution is 0.593. The summed E-state index contributed by atoms with van der Waals surface area (Å²) < 4.78 is 1.84. The molecule has 0 aliphatic heterocycles. The number of aromatic nitrogens is 2. The first kappa shape index (κ1) is 10.4. The third-order valence-corrected chi connectivity index (χ3v) is 3.19. The summed E-state index contributed by atoms with van der Waals surface area (Å²) in [6.45, 7) is 0. The van der Waals surface area contributed by atoms with Crippen LogP contribution < -0.4 is 5.32 Å². The van der Waals surface area contributed by atoms with Crippen LogP contribution in [0, 0.1) is 0 Å². The third kappa shape index (κ3) is 2.46. The van der Waals surface area contributed by atoms with E-state index in [1.54, 1.807) is 11.3 Å². The molecule has 2 rings (SSSR count). The molecule has 1 atom stereocenters. The molecule has 0 fully saturated rings. The molecule has 0 radical (unpaired) electrons. The maximum atomic E-state index is 4.18. The van der Waals surface area contributed by atoms with Crippen molar-refractivity contribution in [1.29, 1.82) is 0 Å². The van der Waals surface area contributed by atoms with Crippen molar-refractivity contribution in [2.45, 2.75) is 12.5 Å². The highest BCUT2D eigenvalue weighted by Gasteiger charge is 2.11. The highest BCUT2D eigenvalue weighted by Crippen LogP contribution is 2.19. The maximum absolute atomic E-state index is 4.18. The van der Waals surface area contributed by atoms with Crippen LogP contribution in [0.1, 0.15) is 17.2 Å². The number of aryl methyl sites for hydroxylation is 1. The Hall–Kier alpha value is -1.13. The summed E-state index contributed by atoms with van der Waals surface area (Å²) in [5.41, 5.74) is 2.62. The Bertz CT molecular complexity index is 405. The second-order valence-corrected chi connectivity index (χ2v) is 4.40. The van der Waals surface area contributed by atoms with Gasteiger partial charge in [-0.1, -0.05) is 0 Å².